The van der Waals surface area contributed by atoms with Gasteiger partial charge >= 0.3 is 6.09 Å². The van der Waals surface area contributed by atoms with Crippen molar-refractivity contribution in [3.63, 3.8) is 0 Å². The normalized spacial score (nSPS) is 12.4. The number of carbonyl (C=O) groups is 2. The maximum absolute atomic E-state index is 12.6. The molecule has 2 aromatic carbocycles. The third-order valence-corrected chi connectivity index (χ3v) is 5.60. The highest BCUT2D eigenvalue weighted by Crippen LogP contribution is 2.33. The molecule has 0 saturated carbocycles. The molecule has 0 spiro atoms. The van der Waals surface area contributed by atoms with Crippen LogP contribution in [0.15, 0.2) is 41.8 Å². The van der Waals surface area contributed by atoms with Gasteiger partial charge < -0.3 is 14.6 Å². The van der Waals surface area contributed by atoms with Gasteiger partial charge in [0.2, 0.25) is 0 Å². The molecule has 1 aliphatic heterocycles. The molecule has 2 amide bonds. The van der Waals surface area contributed by atoms with Gasteiger partial charge in [0.15, 0.2) is 5.13 Å². The molecule has 9 heteroatoms. The van der Waals surface area contributed by atoms with Crippen molar-refractivity contribution in [1.82, 2.24) is 4.98 Å². The number of ether oxygens (including phenoxy) is 2. The summed E-state index contributed by atoms with van der Waals surface area (Å²) in [5, 5.41) is 14.4. The predicted octanol–water partition coefficient (Wildman–Crippen LogP) is 4.12. The molecule has 30 heavy (non-hydrogen) atoms. The Labute approximate surface area is 176 Å². The summed E-state index contributed by atoms with van der Waals surface area (Å²) in [6.45, 7) is 0.455. The minimum Gasteiger partial charge on any atom is -0.497 e. The third kappa shape index (κ3) is 3.79. The number of carbonyl (C=O) groups excluding carboxylic acids is 1. The topological polar surface area (TPSA) is 101 Å². The zero-order valence-corrected chi connectivity index (χ0v) is 17.2. The van der Waals surface area contributed by atoms with Crippen LogP contribution in [0.3, 0.4) is 0 Å². The molecule has 1 aliphatic rings. The fraction of sp³-hybridized carbons (Fsp3) is 0.190. The molecule has 2 N–H and O–H groups in total. The highest BCUT2D eigenvalue weighted by Gasteiger charge is 2.24. The maximum Gasteiger partial charge on any atom is 0.411 e. The van der Waals surface area contributed by atoms with Gasteiger partial charge in [0, 0.05) is 29.1 Å². The molecular formula is C21H19N3O5S. The van der Waals surface area contributed by atoms with Crippen LogP contribution in [0.4, 0.5) is 15.6 Å². The minimum absolute atomic E-state index is 0.320. The first-order chi connectivity index (χ1) is 14.5. The molecule has 0 fully saturated rings. The Morgan fingerprint density at radius 3 is 2.53 bits per heavy atom. The number of benzene rings is 2. The molecule has 0 bridgehead atoms. The zero-order valence-electron chi connectivity index (χ0n) is 16.3. The number of methoxy groups -OCH3 is 2. The van der Waals surface area contributed by atoms with Gasteiger partial charge in [0.1, 0.15) is 11.5 Å². The highest BCUT2D eigenvalue weighted by atomic mass is 32.1. The van der Waals surface area contributed by atoms with Crippen molar-refractivity contribution in [3.8, 4) is 22.8 Å². The molecule has 0 unspecified atom stereocenters. The molecular weight excluding hydrogens is 406 g/mol. The standard InChI is InChI=1S/C21H19N3O5S/c1-28-15-8-14(9-16(10-15)29-2)19(25)23-20-22-17(11-30-20)12-3-4-18-13(7-12)5-6-24(18)21(26)27/h3-4,7-11H,5-6H2,1-2H3,(H,26,27)(H,22,23,25). The van der Waals surface area contributed by atoms with Crippen LogP contribution in [0.2, 0.25) is 0 Å². The lowest BCUT2D eigenvalue weighted by Crippen LogP contribution is -2.26. The zero-order chi connectivity index (χ0) is 21.3. The molecule has 0 saturated heterocycles. The molecule has 3 aromatic rings. The number of thiazole rings is 1. The number of hydrogen-bond donors (Lipinski definition) is 2. The van der Waals surface area contributed by atoms with Crippen LogP contribution < -0.4 is 19.7 Å². The number of aromatic nitrogens is 1. The summed E-state index contributed by atoms with van der Waals surface area (Å²) in [6.07, 6.45) is -0.282. The molecule has 0 radical (unpaired) electrons. The van der Waals surface area contributed by atoms with E-state index in [9.17, 15) is 14.7 Å². The van der Waals surface area contributed by atoms with Gasteiger partial charge in [-0.05, 0) is 36.2 Å². The van der Waals surface area contributed by atoms with E-state index in [2.05, 4.69) is 10.3 Å². The lowest BCUT2D eigenvalue weighted by atomic mass is 10.1. The van der Waals surface area contributed by atoms with E-state index in [1.165, 1.54) is 30.5 Å². The summed E-state index contributed by atoms with van der Waals surface area (Å²) >= 11 is 1.32. The van der Waals surface area contributed by atoms with Crippen molar-refractivity contribution in [3.05, 3.63) is 52.9 Å². The molecule has 8 nitrogen and oxygen atoms in total. The average molecular weight is 425 g/mol. The van der Waals surface area contributed by atoms with E-state index in [0.717, 1.165) is 16.8 Å². The van der Waals surface area contributed by atoms with Gasteiger partial charge in [0.25, 0.3) is 5.91 Å². The fourth-order valence-electron chi connectivity index (χ4n) is 3.33. The number of hydrogen-bond acceptors (Lipinski definition) is 6. The van der Waals surface area contributed by atoms with Gasteiger partial charge in [-0.3, -0.25) is 15.0 Å². The number of fused-ring (bicyclic) bond motifs is 1. The summed E-state index contributed by atoms with van der Waals surface area (Å²) in [4.78, 5) is 29.8. The predicted molar refractivity (Wildman–Crippen MR) is 114 cm³/mol. The summed E-state index contributed by atoms with van der Waals surface area (Å²) in [6, 6.07) is 10.5. The highest BCUT2D eigenvalue weighted by molar-refractivity contribution is 7.14. The van der Waals surface area contributed by atoms with Crippen molar-refractivity contribution in [1.29, 1.82) is 0 Å². The van der Waals surface area contributed by atoms with E-state index >= 15 is 0 Å². The first kappa shape index (κ1) is 19.7. The van der Waals surface area contributed by atoms with Crippen LogP contribution in [0.5, 0.6) is 11.5 Å². The van der Waals surface area contributed by atoms with Crippen molar-refractivity contribution in [2.45, 2.75) is 6.42 Å². The van der Waals surface area contributed by atoms with Crippen LogP contribution in [-0.4, -0.2) is 42.9 Å². The van der Waals surface area contributed by atoms with E-state index in [1.807, 2.05) is 17.5 Å². The SMILES string of the molecule is COc1cc(OC)cc(C(=O)Nc2nc(-c3ccc4c(c3)CCN4C(=O)O)cs2)c1. The first-order valence-electron chi connectivity index (χ1n) is 9.12. The van der Waals surface area contributed by atoms with Gasteiger partial charge in [0.05, 0.1) is 25.6 Å². The van der Waals surface area contributed by atoms with Gasteiger partial charge in [-0.15, -0.1) is 11.3 Å². The van der Waals surface area contributed by atoms with E-state index < -0.39 is 6.09 Å². The van der Waals surface area contributed by atoms with Crippen LogP contribution in [-0.2, 0) is 6.42 Å². The Balaban J connectivity index is 1.53. The lowest BCUT2D eigenvalue weighted by molar-refractivity contribution is 0.102. The summed E-state index contributed by atoms with van der Waals surface area (Å²) in [7, 11) is 3.05. The Morgan fingerprint density at radius 1 is 1.13 bits per heavy atom. The second-order valence-corrected chi connectivity index (χ2v) is 7.48. The first-order valence-corrected chi connectivity index (χ1v) is 10.00. The lowest BCUT2D eigenvalue weighted by Gasteiger charge is -2.12. The number of rotatable bonds is 5. The molecule has 1 aromatic heterocycles. The van der Waals surface area contributed by atoms with Crippen molar-refractivity contribution >= 4 is 34.2 Å². The largest absolute Gasteiger partial charge is 0.497 e. The van der Waals surface area contributed by atoms with Gasteiger partial charge in [-0.1, -0.05) is 6.07 Å². The molecule has 0 aliphatic carbocycles. The summed E-state index contributed by atoms with van der Waals surface area (Å²) in [5.74, 6) is 0.722. The molecule has 154 valence electrons. The Morgan fingerprint density at radius 2 is 1.87 bits per heavy atom. The molecule has 4 rings (SSSR count). The van der Waals surface area contributed by atoms with Gasteiger partial charge in [-0.2, -0.15) is 0 Å². The second kappa shape index (κ2) is 8.03. The number of carboxylic acid groups (broad SMARTS) is 1. The number of nitrogens with one attached hydrogen (secondary N) is 1. The van der Waals surface area contributed by atoms with Crippen LogP contribution in [0.1, 0.15) is 15.9 Å². The molecule has 2 heterocycles. The van der Waals surface area contributed by atoms with E-state index in [0.29, 0.717) is 40.8 Å². The second-order valence-electron chi connectivity index (χ2n) is 6.62. The van der Waals surface area contributed by atoms with Crippen LogP contribution >= 0.6 is 11.3 Å². The fourth-order valence-corrected chi connectivity index (χ4v) is 4.05. The van der Waals surface area contributed by atoms with Gasteiger partial charge in [-0.25, -0.2) is 9.78 Å². The van der Waals surface area contributed by atoms with E-state index in [4.69, 9.17) is 9.47 Å². The quantitative estimate of drug-likeness (QED) is 0.638. The number of amides is 2. The summed E-state index contributed by atoms with van der Waals surface area (Å²) < 4.78 is 10.4. The molecule has 0 atom stereocenters. The summed E-state index contributed by atoms with van der Waals surface area (Å²) in [5.41, 5.74) is 3.67. The van der Waals surface area contributed by atoms with Crippen molar-refractivity contribution < 1.29 is 24.2 Å². The van der Waals surface area contributed by atoms with E-state index in [-0.39, 0.29) is 5.91 Å². The average Bonchev–Trinajstić information content (AvgIpc) is 3.39. The van der Waals surface area contributed by atoms with Crippen LogP contribution in [0.25, 0.3) is 11.3 Å². The Kier molecular flexibility index (Phi) is 5.28. The Hall–Kier alpha value is -3.59. The number of anilines is 2. The monoisotopic (exact) mass is 425 g/mol. The van der Waals surface area contributed by atoms with Crippen molar-refractivity contribution in [2.24, 2.45) is 0 Å². The minimum atomic E-state index is -0.950. The van der Waals surface area contributed by atoms with Crippen LogP contribution in [0, 0.1) is 0 Å². The smallest absolute Gasteiger partial charge is 0.411 e. The third-order valence-electron chi connectivity index (χ3n) is 4.84. The van der Waals surface area contributed by atoms with E-state index in [1.54, 1.807) is 24.3 Å². The maximum atomic E-state index is 12.6. The Bertz CT molecular complexity index is 1110. The number of nitrogens with zero attached hydrogens (tertiary/aromatic N) is 2. The van der Waals surface area contributed by atoms with Crippen molar-refractivity contribution in [2.75, 3.05) is 31.0 Å².